The maximum Gasteiger partial charge on any atom is 0.335 e. The predicted molar refractivity (Wildman–Crippen MR) is 66.4 cm³/mol. The number of carboxylic acid groups (broad SMARTS) is 1. The van der Waals surface area contributed by atoms with Crippen molar-refractivity contribution in [2.75, 3.05) is 0 Å². The van der Waals surface area contributed by atoms with Crippen molar-refractivity contribution in [3.05, 3.63) is 47.0 Å². The smallest absolute Gasteiger partial charge is 0.335 e. The van der Waals surface area contributed by atoms with Crippen LogP contribution in [0.4, 0.5) is 0 Å². The molecule has 1 aromatic heterocycles. The Hall–Kier alpha value is -1.73. The van der Waals surface area contributed by atoms with Gasteiger partial charge in [-0.2, -0.15) is 0 Å². The third-order valence-electron chi connectivity index (χ3n) is 2.21. The van der Waals surface area contributed by atoms with Crippen LogP contribution in [-0.2, 0) is 15.6 Å². The summed E-state index contributed by atoms with van der Waals surface area (Å²) in [7, 11) is -3.50. The monoisotopic (exact) mass is 283 g/mol. The molecule has 5 nitrogen and oxygen atoms in total. The van der Waals surface area contributed by atoms with Crippen LogP contribution in [-0.4, -0.2) is 24.5 Å². The molecule has 0 radical (unpaired) electrons. The number of aromatic nitrogens is 1. The zero-order valence-electron chi connectivity index (χ0n) is 9.11. The molecule has 0 aliphatic carbocycles. The summed E-state index contributed by atoms with van der Waals surface area (Å²) >= 11 is 1.04. The highest BCUT2D eigenvalue weighted by molar-refractivity contribution is 7.92. The summed E-state index contributed by atoms with van der Waals surface area (Å²) in [6.07, 6.45) is 1.42. The van der Waals surface area contributed by atoms with Crippen molar-refractivity contribution >= 4 is 27.1 Å². The minimum Gasteiger partial charge on any atom is -0.478 e. The van der Waals surface area contributed by atoms with E-state index in [9.17, 15) is 13.2 Å². The molecule has 1 aromatic carbocycles. The summed E-state index contributed by atoms with van der Waals surface area (Å²) in [5.74, 6) is -1.33. The number of rotatable bonds is 4. The molecule has 2 rings (SSSR count). The Bertz CT molecular complexity index is 662. The minimum atomic E-state index is -3.50. The lowest BCUT2D eigenvalue weighted by atomic mass is 10.1. The fourth-order valence-corrected chi connectivity index (χ4v) is 3.69. The zero-order valence-corrected chi connectivity index (χ0v) is 10.7. The quantitative estimate of drug-likeness (QED) is 0.925. The first-order valence-corrected chi connectivity index (χ1v) is 7.47. The van der Waals surface area contributed by atoms with Gasteiger partial charge in [-0.15, -0.1) is 11.3 Å². The van der Waals surface area contributed by atoms with Crippen molar-refractivity contribution < 1.29 is 18.3 Å². The molecule has 0 atom stereocenters. The molecule has 0 spiro atoms. The van der Waals surface area contributed by atoms with Gasteiger partial charge in [0.2, 0.25) is 14.2 Å². The van der Waals surface area contributed by atoms with Crippen molar-refractivity contribution in [1.82, 2.24) is 4.98 Å². The first-order valence-electron chi connectivity index (χ1n) is 4.93. The Balaban J connectivity index is 2.30. The van der Waals surface area contributed by atoms with Crippen molar-refractivity contribution in [1.29, 1.82) is 0 Å². The second-order valence-corrected chi connectivity index (χ2v) is 6.62. The SMILES string of the molecule is O=C(O)c1cccc(CS(=O)(=O)c2nccs2)c1. The van der Waals surface area contributed by atoms with Crippen LogP contribution in [0, 0.1) is 0 Å². The Labute approximate surface area is 108 Å². The lowest BCUT2D eigenvalue weighted by Crippen LogP contribution is -2.05. The highest BCUT2D eigenvalue weighted by Gasteiger charge is 2.18. The summed E-state index contributed by atoms with van der Waals surface area (Å²) in [5.41, 5.74) is 0.506. The average Bonchev–Trinajstić information content (AvgIpc) is 2.82. The van der Waals surface area contributed by atoms with Gasteiger partial charge in [-0.25, -0.2) is 18.2 Å². The Morgan fingerprint density at radius 1 is 1.39 bits per heavy atom. The number of benzene rings is 1. The molecule has 0 bridgehead atoms. The number of sulfone groups is 1. The van der Waals surface area contributed by atoms with Crippen molar-refractivity contribution in [3.8, 4) is 0 Å². The van der Waals surface area contributed by atoms with Crippen LogP contribution in [0.1, 0.15) is 15.9 Å². The average molecular weight is 283 g/mol. The molecular formula is C11H9NO4S2. The highest BCUT2D eigenvalue weighted by atomic mass is 32.2. The van der Waals surface area contributed by atoms with E-state index in [2.05, 4.69) is 4.98 Å². The van der Waals surface area contributed by atoms with Gasteiger partial charge in [0.05, 0.1) is 11.3 Å². The standard InChI is InChI=1S/C11H9NO4S2/c13-10(14)9-3-1-2-8(6-9)7-18(15,16)11-12-4-5-17-11/h1-6H,7H2,(H,13,14). The maximum absolute atomic E-state index is 11.9. The Kier molecular flexibility index (Phi) is 3.44. The number of aromatic carboxylic acids is 1. The van der Waals surface area contributed by atoms with E-state index in [0.717, 1.165) is 11.3 Å². The molecule has 7 heteroatoms. The molecule has 0 fully saturated rings. The van der Waals surface area contributed by atoms with E-state index in [1.807, 2.05) is 0 Å². The normalized spacial score (nSPS) is 11.3. The number of hydrogen-bond acceptors (Lipinski definition) is 5. The van der Waals surface area contributed by atoms with Crippen LogP contribution in [0.25, 0.3) is 0 Å². The van der Waals surface area contributed by atoms with Gasteiger partial charge >= 0.3 is 5.97 Å². The second-order valence-electron chi connectivity index (χ2n) is 3.56. The van der Waals surface area contributed by atoms with Gasteiger partial charge in [-0.3, -0.25) is 0 Å². The van der Waals surface area contributed by atoms with E-state index >= 15 is 0 Å². The molecule has 0 aliphatic heterocycles. The van der Waals surface area contributed by atoms with Crippen LogP contribution < -0.4 is 0 Å². The molecule has 1 heterocycles. The topological polar surface area (TPSA) is 84.3 Å². The van der Waals surface area contributed by atoms with Gasteiger partial charge in [0.25, 0.3) is 0 Å². The Morgan fingerprint density at radius 2 is 2.17 bits per heavy atom. The first kappa shape index (κ1) is 12.7. The summed E-state index contributed by atoms with van der Waals surface area (Å²) < 4.78 is 23.9. The van der Waals surface area contributed by atoms with E-state index in [1.54, 1.807) is 11.4 Å². The third kappa shape index (κ3) is 2.74. The van der Waals surface area contributed by atoms with Crippen LogP contribution in [0.5, 0.6) is 0 Å². The molecule has 0 aliphatic rings. The molecule has 0 saturated carbocycles. The summed E-state index contributed by atoms with van der Waals surface area (Å²) in [6, 6.07) is 5.88. The van der Waals surface area contributed by atoms with Gasteiger partial charge in [0, 0.05) is 11.6 Å². The number of thiazole rings is 1. The Morgan fingerprint density at radius 3 is 2.78 bits per heavy atom. The van der Waals surface area contributed by atoms with Crippen LogP contribution >= 0.6 is 11.3 Å². The summed E-state index contributed by atoms with van der Waals surface area (Å²) in [5, 5.41) is 10.4. The van der Waals surface area contributed by atoms with E-state index in [-0.39, 0.29) is 15.7 Å². The van der Waals surface area contributed by atoms with Crippen LogP contribution in [0.3, 0.4) is 0 Å². The molecule has 94 valence electrons. The first-order chi connectivity index (χ1) is 8.49. The third-order valence-corrected chi connectivity index (χ3v) is 5.17. The van der Waals surface area contributed by atoms with Crippen molar-refractivity contribution in [2.24, 2.45) is 0 Å². The van der Waals surface area contributed by atoms with Gasteiger partial charge in [-0.05, 0) is 17.7 Å². The van der Waals surface area contributed by atoms with E-state index in [0.29, 0.717) is 5.56 Å². The van der Waals surface area contributed by atoms with Crippen LogP contribution in [0.2, 0.25) is 0 Å². The second kappa shape index (κ2) is 4.87. The predicted octanol–water partition coefficient (Wildman–Crippen LogP) is 1.82. The van der Waals surface area contributed by atoms with Gasteiger partial charge < -0.3 is 5.11 Å². The molecule has 1 N–H and O–H groups in total. The molecule has 0 saturated heterocycles. The van der Waals surface area contributed by atoms with E-state index < -0.39 is 15.8 Å². The molecule has 2 aromatic rings. The maximum atomic E-state index is 11.9. The minimum absolute atomic E-state index is 0.0447. The lowest BCUT2D eigenvalue weighted by Gasteiger charge is -2.02. The summed E-state index contributed by atoms with van der Waals surface area (Å²) in [4.78, 5) is 14.5. The van der Waals surface area contributed by atoms with Crippen molar-refractivity contribution in [2.45, 2.75) is 10.1 Å². The number of carbonyl (C=O) groups is 1. The lowest BCUT2D eigenvalue weighted by molar-refractivity contribution is 0.0696. The van der Waals surface area contributed by atoms with Gasteiger partial charge in [-0.1, -0.05) is 12.1 Å². The molecular weight excluding hydrogens is 274 g/mol. The van der Waals surface area contributed by atoms with Crippen LogP contribution in [0.15, 0.2) is 40.2 Å². The van der Waals surface area contributed by atoms with Gasteiger partial charge in [0.1, 0.15) is 0 Å². The largest absolute Gasteiger partial charge is 0.478 e. The van der Waals surface area contributed by atoms with E-state index in [1.165, 1.54) is 24.4 Å². The van der Waals surface area contributed by atoms with Crippen molar-refractivity contribution in [3.63, 3.8) is 0 Å². The fourth-order valence-electron chi connectivity index (χ4n) is 1.44. The molecule has 0 amide bonds. The van der Waals surface area contributed by atoms with E-state index in [4.69, 9.17) is 5.11 Å². The number of hydrogen-bond donors (Lipinski definition) is 1. The summed E-state index contributed by atoms with van der Waals surface area (Å²) in [6.45, 7) is 0. The fraction of sp³-hybridized carbons (Fsp3) is 0.0909. The highest BCUT2D eigenvalue weighted by Crippen LogP contribution is 2.19. The number of carboxylic acids is 1. The number of nitrogens with zero attached hydrogens (tertiary/aromatic N) is 1. The molecule has 18 heavy (non-hydrogen) atoms. The van der Waals surface area contributed by atoms with Gasteiger partial charge in [0.15, 0.2) is 0 Å². The molecule has 0 unspecified atom stereocenters. The zero-order chi connectivity index (χ0) is 13.2.